The lowest BCUT2D eigenvalue weighted by Gasteiger charge is -2.25. The van der Waals surface area contributed by atoms with Crippen molar-refractivity contribution in [3.63, 3.8) is 0 Å². The molecule has 1 aromatic heterocycles. The zero-order chi connectivity index (χ0) is 12.7. The maximum Gasteiger partial charge on any atom is 0.250 e. The van der Waals surface area contributed by atoms with Gasteiger partial charge in [-0.1, -0.05) is 0 Å². The van der Waals surface area contributed by atoms with Crippen LogP contribution >= 0.6 is 11.3 Å². The Balaban J connectivity index is 2.18. The molecule has 6 heteroatoms. The van der Waals surface area contributed by atoms with Crippen molar-refractivity contribution in [1.82, 2.24) is 4.72 Å². The fourth-order valence-electron chi connectivity index (χ4n) is 1.90. The first-order chi connectivity index (χ1) is 7.85. The van der Waals surface area contributed by atoms with Gasteiger partial charge in [0.05, 0.1) is 0 Å². The normalized spacial score (nSPS) is 17.4. The number of hydrogen-bond acceptors (Lipinski definition) is 4. The van der Waals surface area contributed by atoms with Gasteiger partial charge in [0.25, 0.3) is 10.0 Å². The fraction of sp³-hybridized carbons (Fsp3) is 0.636. The minimum atomic E-state index is -3.40. The molecule has 0 unspecified atom stereocenters. The Morgan fingerprint density at radius 1 is 1.47 bits per heavy atom. The van der Waals surface area contributed by atoms with Crippen LogP contribution in [0.3, 0.4) is 0 Å². The molecule has 0 atom stereocenters. The van der Waals surface area contributed by atoms with Crippen LogP contribution in [0.25, 0.3) is 0 Å². The lowest BCUT2D eigenvalue weighted by atomic mass is 10.0. The first kappa shape index (κ1) is 13.0. The summed E-state index contributed by atoms with van der Waals surface area (Å²) in [6.45, 7) is 4.27. The Bertz CT molecular complexity index is 501. The van der Waals surface area contributed by atoms with Gasteiger partial charge >= 0.3 is 0 Å². The van der Waals surface area contributed by atoms with Crippen molar-refractivity contribution in [3.8, 4) is 0 Å². The van der Waals surface area contributed by atoms with Crippen LogP contribution < -0.4 is 10.5 Å². The van der Waals surface area contributed by atoms with Crippen molar-refractivity contribution >= 4 is 21.4 Å². The molecule has 1 heterocycles. The molecule has 96 valence electrons. The van der Waals surface area contributed by atoms with Crippen molar-refractivity contribution in [2.75, 3.05) is 0 Å². The van der Waals surface area contributed by atoms with E-state index in [4.69, 9.17) is 5.73 Å². The molecule has 0 aromatic carbocycles. The van der Waals surface area contributed by atoms with Crippen LogP contribution in [-0.2, 0) is 16.6 Å². The van der Waals surface area contributed by atoms with Gasteiger partial charge in [-0.2, -0.15) is 0 Å². The third-order valence-electron chi connectivity index (χ3n) is 3.10. The van der Waals surface area contributed by atoms with Crippen LogP contribution in [0.5, 0.6) is 0 Å². The van der Waals surface area contributed by atoms with Gasteiger partial charge in [0.2, 0.25) is 0 Å². The Kier molecular flexibility index (Phi) is 3.33. The number of hydrogen-bond donors (Lipinski definition) is 2. The predicted octanol–water partition coefficient (Wildman–Crippen LogP) is 1.67. The highest BCUT2D eigenvalue weighted by Gasteiger charge is 2.40. The van der Waals surface area contributed by atoms with E-state index in [1.807, 2.05) is 13.8 Å². The van der Waals surface area contributed by atoms with Crippen LogP contribution in [0.1, 0.15) is 31.6 Å². The highest BCUT2D eigenvalue weighted by molar-refractivity contribution is 7.91. The van der Waals surface area contributed by atoms with Gasteiger partial charge in [-0.05, 0) is 44.7 Å². The van der Waals surface area contributed by atoms with Gasteiger partial charge in [-0.3, -0.25) is 0 Å². The van der Waals surface area contributed by atoms with E-state index in [9.17, 15) is 8.42 Å². The van der Waals surface area contributed by atoms with Crippen LogP contribution in [0.2, 0.25) is 0 Å². The standard InChI is InChI=1S/C11H18N2O2S2/c1-11(2,8-3-4-8)13-17(14,15)10-6-5-9(7-12)16-10/h5-6,8,13H,3-4,7,12H2,1-2H3. The van der Waals surface area contributed by atoms with Crippen molar-refractivity contribution in [3.05, 3.63) is 17.0 Å². The predicted molar refractivity (Wildman–Crippen MR) is 69.3 cm³/mol. The lowest BCUT2D eigenvalue weighted by molar-refractivity contribution is 0.401. The monoisotopic (exact) mass is 274 g/mol. The molecule has 0 amide bonds. The van der Waals surface area contributed by atoms with E-state index in [0.717, 1.165) is 17.7 Å². The SMILES string of the molecule is CC(C)(NS(=O)(=O)c1ccc(CN)s1)C1CC1. The molecule has 0 saturated heterocycles. The van der Waals surface area contributed by atoms with Gasteiger partial charge < -0.3 is 5.73 Å². The summed E-state index contributed by atoms with van der Waals surface area (Å²) in [5, 5.41) is 0. The van der Waals surface area contributed by atoms with Gasteiger partial charge in [0, 0.05) is 17.0 Å². The average molecular weight is 274 g/mol. The van der Waals surface area contributed by atoms with Crippen molar-refractivity contribution in [1.29, 1.82) is 0 Å². The van der Waals surface area contributed by atoms with E-state index < -0.39 is 10.0 Å². The fourth-order valence-corrected chi connectivity index (χ4v) is 4.60. The zero-order valence-electron chi connectivity index (χ0n) is 10.1. The Labute approximate surface area is 106 Å². The molecule has 1 aliphatic rings. The van der Waals surface area contributed by atoms with Gasteiger partial charge in [-0.25, -0.2) is 13.1 Å². The summed E-state index contributed by atoms with van der Waals surface area (Å²) in [5.41, 5.74) is 5.13. The second kappa shape index (κ2) is 4.35. The molecule has 1 aliphatic carbocycles. The molecule has 1 saturated carbocycles. The van der Waals surface area contributed by atoms with Crippen LogP contribution in [0.4, 0.5) is 0 Å². The minimum absolute atomic E-state index is 0.353. The van der Waals surface area contributed by atoms with Crippen LogP contribution in [0, 0.1) is 5.92 Å². The van der Waals surface area contributed by atoms with E-state index in [-0.39, 0.29) is 5.54 Å². The number of sulfonamides is 1. The maximum atomic E-state index is 12.2. The molecule has 3 N–H and O–H groups in total. The molecule has 2 rings (SSSR count). The number of nitrogens with one attached hydrogen (secondary N) is 1. The quantitative estimate of drug-likeness (QED) is 0.858. The second-order valence-corrected chi connectivity index (χ2v) is 8.10. The summed E-state index contributed by atoms with van der Waals surface area (Å²) in [6, 6.07) is 3.39. The summed E-state index contributed by atoms with van der Waals surface area (Å²) in [6.07, 6.45) is 2.21. The smallest absolute Gasteiger partial charge is 0.250 e. The molecule has 0 radical (unpaired) electrons. The maximum absolute atomic E-state index is 12.2. The molecule has 0 bridgehead atoms. The van der Waals surface area contributed by atoms with Gasteiger partial charge in [0.1, 0.15) is 4.21 Å². The molecular formula is C11H18N2O2S2. The Morgan fingerprint density at radius 3 is 2.59 bits per heavy atom. The van der Waals surface area contributed by atoms with Crippen molar-refractivity contribution in [2.45, 2.75) is 43.0 Å². The summed E-state index contributed by atoms with van der Waals surface area (Å²) < 4.78 is 27.5. The summed E-state index contributed by atoms with van der Waals surface area (Å²) in [4.78, 5) is 0.884. The third-order valence-corrected chi connectivity index (χ3v) is 6.37. The highest BCUT2D eigenvalue weighted by Crippen LogP contribution is 2.40. The first-order valence-electron chi connectivity index (χ1n) is 5.68. The minimum Gasteiger partial charge on any atom is -0.326 e. The number of rotatable bonds is 5. The van der Waals surface area contributed by atoms with E-state index in [1.54, 1.807) is 12.1 Å². The molecule has 1 aromatic rings. The molecule has 4 nitrogen and oxygen atoms in total. The van der Waals surface area contributed by atoms with Gasteiger partial charge in [0.15, 0.2) is 0 Å². The largest absolute Gasteiger partial charge is 0.326 e. The molecule has 0 aliphatic heterocycles. The summed E-state index contributed by atoms with van der Waals surface area (Å²) in [7, 11) is -3.40. The average Bonchev–Trinajstić information content (AvgIpc) is 2.95. The first-order valence-corrected chi connectivity index (χ1v) is 7.98. The molecule has 0 spiro atoms. The number of nitrogens with two attached hydrogens (primary N) is 1. The van der Waals surface area contributed by atoms with Crippen LogP contribution in [-0.4, -0.2) is 14.0 Å². The molecular weight excluding hydrogens is 256 g/mol. The highest BCUT2D eigenvalue weighted by atomic mass is 32.2. The number of thiophene rings is 1. The zero-order valence-corrected chi connectivity index (χ0v) is 11.7. The summed E-state index contributed by atoms with van der Waals surface area (Å²) >= 11 is 1.24. The van der Waals surface area contributed by atoms with E-state index in [2.05, 4.69) is 4.72 Å². The van der Waals surface area contributed by atoms with Gasteiger partial charge in [-0.15, -0.1) is 11.3 Å². The van der Waals surface area contributed by atoms with Crippen molar-refractivity contribution < 1.29 is 8.42 Å². The van der Waals surface area contributed by atoms with E-state index >= 15 is 0 Å². The topological polar surface area (TPSA) is 72.2 Å². The lowest BCUT2D eigenvalue weighted by Crippen LogP contribution is -2.44. The van der Waals surface area contributed by atoms with Crippen LogP contribution in [0.15, 0.2) is 16.3 Å². The molecule has 17 heavy (non-hydrogen) atoms. The van der Waals surface area contributed by atoms with E-state index in [1.165, 1.54) is 11.3 Å². The van der Waals surface area contributed by atoms with E-state index in [0.29, 0.717) is 16.7 Å². The Morgan fingerprint density at radius 2 is 2.12 bits per heavy atom. The second-order valence-electron chi connectivity index (χ2n) is 5.03. The summed E-state index contributed by atoms with van der Waals surface area (Å²) in [5.74, 6) is 0.464. The van der Waals surface area contributed by atoms with Crippen molar-refractivity contribution in [2.24, 2.45) is 11.7 Å². The third kappa shape index (κ3) is 2.88. The Hall–Kier alpha value is -0.430. The molecule has 1 fully saturated rings.